The van der Waals surface area contributed by atoms with Crippen LogP contribution in [0.2, 0.25) is 0 Å². The molecule has 1 unspecified atom stereocenters. The number of halogens is 1. The molecule has 1 aromatic heterocycles. The lowest BCUT2D eigenvalue weighted by molar-refractivity contribution is -0.134. The zero-order chi connectivity index (χ0) is 20.6. The minimum Gasteiger partial charge on any atom is -0.492 e. The van der Waals surface area contributed by atoms with Crippen LogP contribution in [0.4, 0.5) is 5.82 Å². The van der Waals surface area contributed by atoms with Gasteiger partial charge in [0.05, 0.1) is 17.0 Å². The Morgan fingerprint density at radius 2 is 2.10 bits per heavy atom. The van der Waals surface area contributed by atoms with Gasteiger partial charge >= 0.3 is 0 Å². The van der Waals surface area contributed by atoms with Crippen molar-refractivity contribution < 1.29 is 14.3 Å². The highest BCUT2D eigenvalue weighted by Crippen LogP contribution is 2.24. The Kier molecular flexibility index (Phi) is 7.63. The number of nitrogens with zero attached hydrogens (tertiary/aromatic N) is 2. The Morgan fingerprint density at radius 1 is 1.28 bits per heavy atom. The molecule has 1 N–H and O–H groups in total. The third-order valence-electron chi connectivity index (χ3n) is 4.94. The summed E-state index contributed by atoms with van der Waals surface area (Å²) in [6.45, 7) is 3.59. The van der Waals surface area contributed by atoms with E-state index in [0.29, 0.717) is 38.4 Å². The summed E-state index contributed by atoms with van der Waals surface area (Å²) < 4.78 is 6.62. The summed E-state index contributed by atoms with van der Waals surface area (Å²) in [6.07, 6.45) is 4.40. The van der Waals surface area contributed by atoms with Gasteiger partial charge in [0.1, 0.15) is 11.6 Å². The van der Waals surface area contributed by atoms with Crippen molar-refractivity contribution in [1.29, 1.82) is 0 Å². The van der Waals surface area contributed by atoms with Gasteiger partial charge in [0.2, 0.25) is 11.8 Å². The predicted octanol–water partition coefficient (Wildman–Crippen LogP) is 4.19. The van der Waals surface area contributed by atoms with Gasteiger partial charge in [-0.3, -0.25) is 9.59 Å². The second-order valence-electron chi connectivity index (χ2n) is 7.27. The van der Waals surface area contributed by atoms with Crippen LogP contribution in [-0.2, 0) is 9.59 Å². The first kappa shape index (κ1) is 21.3. The Bertz CT molecular complexity index is 841. The van der Waals surface area contributed by atoms with Gasteiger partial charge in [0.25, 0.3) is 0 Å². The highest BCUT2D eigenvalue weighted by Gasteiger charge is 2.28. The van der Waals surface area contributed by atoms with Crippen LogP contribution in [0, 0.1) is 12.8 Å². The van der Waals surface area contributed by atoms with Crippen LogP contribution in [0.3, 0.4) is 0 Å². The van der Waals surface area contributed by atoms with E-state index >= 15 is 0 Å². The molecule has 0 bridgehead atoms. The number of anilines is 1. The molecule has 1 saturated heterocycles. The molecule has 1 fully saturated rings. The van der Waals surface area contributed by atoms with Crippen LogP contribution in [0.5, 0.6) is 5.75 Å². The van der Waals surface area contributed by atoms with Crippen molar-refractivity contribution in [3.05, 3.63) is 52.6 Å². The second kappa shape index (κ2) is 10.4. The smallest absolute Gasteiger partial charge is 0.230 e. The van der Waals surface area contributed by atoms with Gasteiger partial charge in [-0.25, -0.2) is 4.98 Å². The highest BCUT2D eigenvalue weighted by atomic mass is 79.9. The molecule has 3 rings (SSSR count). The van der Waals surface area contributed by atoms with Crippen molar-refractivity contribution in [1.82, 2.24) is 9.88 Å². The molecular formula is C22H26BrN3O3. The van der Waals surface area contributed by atoms with E-state index in [1.54, 1.807) is 17.2 Å². The van der Waals surface area contributed by atoms with Gasteiger partial charge < -0.3 is 15.0 Å². The lowest BCUT2D eigenvalue weighted by atomic mass is 9.96. The number of hydrogen-bond donors (Lipinski definition) is 1. The lowest BCUT2D eigenvalue weighted by Gasteiger charge is -2.32. The van der Waals surface area contributed by atoms with Crippen molar-refractivity contribution in [2.75, 3.05) is 25.0 Å². The number of amides is 2. The number of carbonyl (C=O) groups is 2. The Hall–Kier alpha value is -2.41. The van der Waals surface area contributed by atoms with Crippen LogP contribution in [0.25, 0.3) is 0 Å². The van der Waals surface area contributed by atoms with E-state index in [2.05, 4.69) is 26.2 Å². The largest absolute Gasteiger partial charge is 0.492 e. The van der Waals surface area contributed by atoms with Crippen molar-refractivity contribution in [2.24, 2.45) is 5.92 Å². The number of likely N-dealkylation sites (tertiary alicyclic amines) is 1. The summed E-state index contributed by atoms with van der Waals surface area (Å²) in [5.74, 6) is 1.13. The number of aryl methyl sites for hydroxylation is 1. The fourth-order valence-electron chi connectivity index (χ4n) is 3.31. The molecule has 154 valence electrons. The number of rotatable bonds is 7. The number of nitrogens with one attached hydrogen (secondary N) is 1. The number of ether oxygens (including phenoxy) is 1. The normalized spacial score (nSPS) is 16.3. The van der Waals surface area contributed by atoms with Gasteiger partial charge in [-0.05, 0) is 65.9 Å². The molecule has 1 aliphatic rings. The molecule has 1 atom stereocenters. The van der Waals surface area contributed by atoms with Gasteiger partial charge in [0.15, 0.2) is 0 Å². The summed E-state index contributed by atoms with van der Waals surface area (Å²) >= 11 is 3.44. The monoisotopic (exact) mass is 459 g/mol. The molecule has 2 aromatic rings. The molecule has 7 heteroatoms. The molecule has 0 radical (unpaired) electrons. The van der Waals surface area contributed by atoms with E-state index in [4.69, 9.17) is 4.74 Å². The first-order valence-corrected chi connectivity index (χ1v) is 10.7. The molecule has 2 heterocycles. The van der Waals surface area contributed by atoms with Crippen molar-refractivity contribution in [3.8, 4) is 5.75 Å². The number of pyridine rings is 1. The SMILES string of the molecule is Cc1ccc(NC(=O)C2CCCN(C(=O)CCCOc3ccccc3Br)C2)nc1. The molecule has 0 saturated carbocycles. The molecule has 0 spiro atoms. The van der Waals surface area contributed by atoms with E-state index < -0.39 is 0 Å². The minimum absolute atomic E-state index is 0.0730. The topological polar surface area (TPSA) is 71.5 Å². The average Bonchev–Trinajstić information content (AvgIpc) is 2.74. The van der Waals surface area contributed by atoms with Crippen molar-refractivity contribution in [3.63, 3.8) is 0 Å². The van der Waals surface area contributed by atoms with E-state index in [1.165, 1.54) is 0 Å². The van der Waals surface area contributed by atoms with Gasteiger partial charge in [-0.15, -0.1) is 0 Å². The fourth-order valence-corrected chi connectivity index (χ4v) is 3.71. The van der Waals surface area contributed by atoms with Crippen LogP contribution < -0.4 is 10.1 Å². The van der Waals surface area contributed by atoms with Gasteiger partial charge in [-0.2, -0.15) is 0 Å². The van der Waals surface area contributed by atoms with E-state index in [0.717, 1.165) is 28.6 Å². The molecular weight excluding hydrogens is 434 g/mol. The number of para-hydroxylation sites is 1. The Morgan fingerprint density at radius 3 is 2.86 bits per heavy atom. The third-order valence-corrected chi connectivity index (χ3v) is 5.59. The minimum atomic E-state index is -0.202. The second-order valence-corrected chi connectivity index (χ2v) is 8.13. The third kappa shape index (κ3) is 6.29. The Labute approximate surface area is 179 Å². The number of carbonyl (C=O) groups excluding carboxylic acids is 2. The first-order valence-electron chi connectivity index (χ1n) is 9.91. The number of piperidine rings is 1. The summed E-state index contributed by atoms with van der Waals surface area (Å²) in [5.41, 5.74) is 1.04. The van der Waals surface area contributed by atoms with Gasteiger partial charge in [0, 0.05) is 25.7 Å². The predicted molar refractivity (Wildman–Crippen MR) is 116 cm³/mol. The van der Waals surface area contributed by atoms with Gasteiger partial charge in [-0.1, -0.05) is 18.2 Å². The Balaban J connectivity index is 1.43. The maximum atomic E-state index is 12.6. The summed E-state index contributed by atoms with van der Waals surface area (Å²) in [5, 5.41) is 2.86. The maximum absolute atomic E-state index is 12.6. The van der Waals surface area contributed by atoms with Crippen LogP contribution in [-0.4, -0.2) is 41.4 Å². The van der Waals surface area contributed by atoms with E-state index in [-0.39, 0.29) is 17.7 Å². The molecule has 6 nitrogen and oxygen atoms in total. The number of aromatic nitrogens is 1. The molecule has 29 heavy (non-hydrogen) atoms. The zero-order valence-electron chi connectivity index (χ0n) is 16.6. The average molecular weight is 460 g/mol. The molecule has 1 aromatic carbocycles. The fraction of sp³-hybridized carbons (Fsp3) is 0.409. The van der Waals surface area contributed by atoms with E-state index in [1.807, 2.05) is 37.3 Å². The summed E-state index contributed by atoms with van der Waals surface area (Å²) in [7, 11) is 0. The van der Waals surface area contributed by atoms with Crippen molar-refractivity contribution in [2.45, 2.75) is 32.6 Å². The zero-order valence-corrected chi connectivity index (χ0v) is 18.2. The van der Waals surface area contributed by atoms with Crippen molar-refractivity contribution >= 4 is 33.6 Å². The number of benzene rings is 1. The molecule has 1 aliphatic heterocycles. The maximum Gasteiger partial charge on any atom is 0.230 e. The standard InChI is InChI=1S/C22H26BrN3O3/c1-16-10-11-20(24-14-16)25-22(28)17-6-4-12-26(15-17)21(27)9-5-13-29-19-8-3-2-7-18(19)23/h2-3,7-8,10-11,14,17H,4-6,9,12-13,15H2,1H3,(H,24,25,28). The quantitative estimate of drug-likeness (QED) is 0.630. The van der Waals surface area contributed by atoms with E-state index in [9.17, 15) is 9.59 Å². The van der Waals surface area contributed by atoms with Crippen LogP contribution >= 0.6 is 15.9 Å². The summed E-state index contributed by atoms with van der Waals surface area (Å²) in [6, 6.07) is 11.4. The molecule has 0 aliphatic carbocycles. The molecule has 2 amide bonds. The number of hydrogen-bond acceptors (Lipinski definition) is 4. The lowest BCUT2D eigenvalue weighted by Crippen LogP contribution is -2.43. The van der Waals surface area contributed by atoms with Crippen LogP contribution in [0.1, 0.15) is 31.2 Å². The summed E-state index contributed by atoms with van der Waals surface area (Å²) in [4.78, 5) is 31.1. The first-order chi connectivity index (χ1) is 14.0. The highest BCUT2D eigenvalue weighted by molar-refractivity contribution is 9.10. The van der Waals surface area contributed by atoms with Crippen LogP contribution in [0.15, 0.2) is 47.1 Å².